The highest BCUT2D eigenvalue weighted by molar-refractivity contribution is 6.24. The van der Waals surface area contributed by atoms with Crippen molar-refractivity contribution < 1.29 is 4.42 Å². The molecule has 13 rings (SSSR count). The molecule has 0 spiro atoms. The van der Waals surface area contributed by atoms with E-state index in [4.69, 9.17) is 14.4 Å². The quantitative estimate of drug-likeness (QED) is 0.169. The van der Waals surface area contributed by atoms with Gasteiger partial charge in [-0.25, -0.2) is 9.97 Å². The van der Waals surface area contributed by atoms with Crippen molar-refractivity contribution in [2.24, 2.45) is 0 Å². The molecule has 0 saturated carbocycles. The molecule has 0 atom stereocenters. The van der Waals surface area contributed by atoms with E-state index in [1.807, 2.05) is 12.1 Å². The van der Waals surface area contributed by atoms with Crippen LogP contribution in [0.15, 0.2) is 192 Å². The number of pyridine rings is 2. The number of aromatic nitrogens is 3. The molecule has 0 aliphatic heterocycles. The fourth-order valence-corrected chi connectivity index (χ4v) is 9.33. The molecule has 0 aliphatic rings. The Hall–Kier alpha value is -7.82. The molecule has 5 heterocycles. The second-order valence-electron chi connectivity index (χ2n) is 15.3. The van der Waals surface area contributed by atoms with E-state index < -0.39 is 0 Å². The summed E-state index contributed by atoms with van der Waals surface area (Å²) in [6.45, 7) is 0. The van der Waals surface area contributed by atoms with Crippen LogP contribution in [0.5, 0.6) is 0 Å². The van der Waals surface area contributed by atoms with Crippen molar-refractivity contribution >= 4 is 81.8 Å². The van der Waals surface area contributed by atoms with E-state index in [0.717, 1.165) is 77.4 Å². The first-order valence-corrected chi connectivity index (χ1v) is 19.7. The van der Waals surface area contributed by atoms with Gasteiger partial charge in [0, 0.05) is 59.8 Å². The molecule has 0 aliphatic carbocycles. The standard InChI is InChI=1S/C54H31N3O/c1-4-13-48-40(8-1)44-30-38(31-45-41-9-2-5-14-49(41)57(48)53(44)45)32-16-20-34(21-17-32)46-28-26-36-24-25-37-27-29-47(56-52(37)51(36)55-46)35-22-18-33(19-23-35)39-11-7-12-43-42-10-3-6-15-50(42)58-54(39)43/h1-31H. The van der Waals surface area contributed by atoms with Crippen molar-refractivity contribution in [3.05, 3.63) is 188 Å². The Morgan fingerprint density at radius 3 is 1.48 bits per heavy atom. The van der Waals surface area contributed by atoms with Crippen LogP contribution in [0.2, 0.25) is 0 Å². The van der Waals surface area contributed by atoms with Crippen LogP contribution in [-0.4, -0.2) is 14.4 Å². The Bertz CT molecular complexity index is 3700. The van der Waals surface area contributed by atoms with E-state index in [2.05, 4.69) is 180 Å². The van der Waals surface area contributed by atoms with Gasteiger partial charge in [0.1, 0.15) is 11.2 Å². The summed E-state index contributed by atoms with van der Waals surface area (Å²) in [4.78, 5) is 10.5. The number of para-hydroxylation sites is 4. The highest BCUT2D eigenvalue weighted by Gasteiger charge is 2.19. The average Bonchev–Trinajstić information content (AvgIpc) is 3.96. The first-order chi connectivity index (χ1) is 28.7. The maximum absolute atomic E-state index is 6.33. The molecule has 5 aromatic heterocycles. The molecule has 0 bridgehead atoms. The molecule has 0 amide bonds. The second-order valence-corrected chi connectivity index (χ2v) is 15.3. The number of furan rings is 1. The number of hydrogen-bond donors (Lipinski definition) is 0. The summed E-state index contributed by atoms with van der Waals surface area (Å²) in [7, 11) is 0. The fourth-order valence-electron chi connectivity index (χ4n) is 9.33. The van der Waals surface area contributed by atoms with E-state index in [0.29, 0.717) is 0 Å². The first-order valence-electron chi connectivity index (χ1n) is 19.7. The lowest BCUT2D eigenvalue weighted by molar-refractivity contribution is 0.670. The van der Waals surface area contributed by atoms with Gasteiger partial charge in [0.15, 0.2) is 0 Å². The molecule has 0 radical (unpaired) electrons. The second kappa shape index (κ2) is 11.8. The summed E-state index contributed by atoms with van der Waals surface area (Å²) in [6.07, 6.45) is 0. The molecule has 0 unspecified atom stereocenters. The summed E-state index contributed by atoms with van der Waals surface area (Å²) in [5.74, 6) is 0. The van der Waals surface area contributed by atoms with Crippen LogP contribution >= 0.6 is 0 Å². The summed E-state index contributed by atoms with van der Waals surface area (Å²) >= 11 is 0. The lowest BCUT2D eigenvalue weighted by Crippen LogP contribution is -1.91. The minimum Gasteiger partial charge on any atom is -0.455 e. The third-order valence-corrected chi connectivity index (χ3v) is 12.1. The lowest BCUT2D eigenvalue weighted by atomic mass is 9.98. The molecule has 268 valence electrons. The Labute approximate surface area is 332 Å². The monoisotopic (exact) mass is 737 g/mol. The molecular weight excluding hydrogens is 707 g/mol. The van der Waals surface area contributed by atoms with Gasteiger partial charge < -0.3 is 8.82 Å². The minimum atomic E-state index is 0.899. The van der Waals surface area contributed by atoms with Crippen LogP contribution in [0.1, 0.15) is 0 Å². The summed E-state index contributed by atoms with van der Waals surface area (Å²) in [5.41, 5.74) is 15.9. The molecule has 4 nitrogen and oxygen atoms in total. The lowest BCUT2D eigenvalue weighted by Gasteiger charge is -2.10. The van der Waals surface area contributed by atoms with Crippen LogP contribution in [0, 0.1) is 0 Å². The first kappa shape index (κ1) is 31.4. The third-order valence-electron chi connectivity index (χ3n) is 12.1. The maximum atomic E-state index is 6.33. The number of rotatable bonds is 4. The molecule has 8 aromatic carbocycles. The topological polar surface area (TPSA) is 43.3 Å². The summed E-state index contributed by atoms with van der Waals surface area (Å²) in [6, 6.07) is 67.1. The summed E-state index contributed by atoms with van der Waals surface area (Å²) in [5, 5.41) is 9.54. The predicted molar refractivity (Wildman–Crippen MR) is 241 cm³/mol. The van der Waals surface area contributed by atoms with E-state index in [-0.39, 0.29) is 0 Å². The van der Waals surface area contributed by atoms with Gasteiger partial charge in [0.05, 0.1) is 39.0 Å². The van der Waals surface area contributed by atoms with Gasteiger partial charge in [-0.05, 0) is 59.2 Å². The van der Waals surface area contributed by atoms with Crippen LogP contribution < -0.4 is 0 Å². The van der Waals surface area contributed by atoms with Crippen LogP contribution in [0.4, 0.5) is 0 Å². The molecule has 58 heavy (non-hydrogen) atoms. The van der Waals surface area contributed by atoms with Crippen LogP contribution in [0.25, 0.3) is 127 Å². The van der Waals surface area contributed by atoms with Gasteiger partial charge in [-0.15, -0.1) is 0 Å². The molecular formula is C54H31N3O. The highest BCUT2D eigenvalue weighted by atomic mass is 16.3. The molecule has 0 N–H and O–H groups in total. The Kier molecular flexibility index (Phi) is 6.41. The number of fused-ring (bicyclic) bond motifs is 12. The van der Waals surface area contributed by atoms with Crippen molar-refractivity contribution in [2.45, 2.75) is 0 Å². The molecule has 13 aromatic rings. The molecule has 0 saturated heterocycles. The van der Waals surface area contributed by atoms with Crippen molar-refractivity contribution in [3.8, 4) is 44.8 Å². The number of benzene rings is 8. The van der Waals surface area contributed by atoms with Gasteiger partial charge in [-0.3, -0.25) is 0 Å². The fraction of sp³-hybridized carbons (Fsp3) is 0. The normalized spacial score (nSPS) is 12.1. The molecule has 0 fully saturated rings. The van der Waals surface area contributed by atoms with Gasteiger partial charge in [-0.1, -0.05) is 146 Å². The largest absolute Gasteiger partial charge is 0.455 e. The highest BCUT2D eigenvalue weighted by Crippen LogP contribution is 2.42. The molecule has 4 heteroatoms. The maximum Gasteiger partial charge on any atom is 0.143 e. The van der Waals surface area contributed by atoms with Gasteiger partial charge in [0.2, 0.25) is 0 Å². The van der Waals surface area contributed by atoms with E-state index in [1.165, 1.54) is 49.2 Å². The smallest absolute Gasteiger partial charge is 0.143 e. The van der Waals surface area contributed by atoms with Crippen molar-refractivity contribution in [3.63, 3.8) is 0 Å². The van der Waals surface area contributed by atoms with E-state index in [1.54, 1.807) is 0 Å². The van der Waals surface area contributed by atoms with Gasteiger partial charge in [-0.2, -0.15) is 0 Å². The zero-order valence-electron chi connectivity index (χ0n) is 31.1. The Balaban J connectivity index is 0.864. The van der Waals surface area contributed by atoms with Gasteiger partial charge >= 0.3 is 0 Å². The van der Waals surface area contributed by atoms with Gasteiger partial charge in [0.25, 0.3) is 0 Å². The minimum absolute atomic E-state index is 0.899. The van der Waals surface area contributed by atoms with E-state index >= 15 is 0 Å². The Morgan fingerprint density at radius 2 is 0.862 bits per heavy atom. The Morgan fingerprint density at radius 1 is 0.362 bits per heavy atom. The third kappa shape index (κ3) is 4.51. The number of nitrogens with zero attached hydrogens (tertiary/aromatic N) is 3. The number of hydrogen-bond acceptors (Lipinski definition) is 3. The SMILES string of the molecule is c1ccc2c(c1)oc1c(-c3ccc(-c4ccc5ccc6ccc(-c7ccc(-c8cc9c%10ccccc%10n%10c%11ccccc%11c(c8)c9%10)cc7)nc6c5n4)cc3)cccc12. The zero-order valence-corrected chi connectivity index (χ0v) is 31.1. The van der Waals surface area contributed by atoms with Crippen LogP contribution in [-0.2, 0) is 0 Å². The summed E-state index contributed by atoms with van der Waals surface area (Å²) < 4.78 is 8.76. The average molecular weight is 738 g/mol. The van der Waals surface area contributed by atoms with Crippen molar-refractivity contribution in [2.75, 3.05) is 0 Å². The predicted octanol–water partition coefficient (Wildman–Crippen LogP) is 14.5. The van der Waals surface area contributed by atoms with Crippen molar-refractivity contribution in [1.82, 2.24) is 14.4 Å². The zero-order chi connectivity index (χ0) is 37.9. The van der Waals surface area contributed by atoms with Crippen LogP contribution in [0.3, 0.4) is 0 Å². The van der Waals surface area contributed by atoms with Crippen molar-refractivity contribution in [1.29, 1.82) is 0 Å². The van der Waals surface area contributed by atoms with E-state index in [9.17, 15) is 0 Å².